The van der Waals surface area contributed by atoms with Crippen molar-refractivity contribution in [2.75, 3.05) is 19.8 Å². The van der Waals surface area contributed by atoms with Crippen molar-refractivity contribution in [2.45, 2.75) is 58.3 Å². The molecule has 3 heteroatoms. The zero-order chi connectivity index (χ0) is 16.2. The molecule has 2 fully saturated rings. The lowest BCUT2D eigenvalue weighted by molar-refractivity contribution is -0.303. The lowest BCUT2D eigenvalue weighted by atomic mass is 9.69. The van der Waals surface area contributed by atoms with E-state index in [1.54, 1.807) is 0 Å². The van der Waals surface area contributed by atoms with Crippen LogP contribution in [0.25, 0.3) is 0 Å². The zero-order valence-corrected chi connectivity index (χ0v) is 14.6. The van der Waals surface area contributed by atoms with E-state index in [2.05, 4.69) is 24.3 Å². The third-order valence-electron chi connectivity index (χ3n) is 5.39. The van der Waals surface area contributed by atoms with Crippen LogP contribution in [0.2, 0.25) is 0 Å². The van der Waals surface area contributed by atoms with Gasteiger partial charge in [-0.15, -0.1) is 0 Å². The Labute approximate surface area is 140 Å². The van der Waals surface area contributed by atoms with Gasteiger partial charge in [0.1, 0.15) is 0 Å². The second kappa shape index (κ2) is 7.33. The Morgan fingerprint density at radius 2 is 1.65 bits per heavy atom. The second-order valence-electron chi connectivity index (χ2n) is 7.65. The molecule has 1 heterocycles. The average Bonchev–Trinajstić information content (AvgIpc) is 2.58. The van der Waals surface area contributed by atoms with Gasteiger partial charge in [-0.05, 0) is 38.2 Å². The van der Waals surface area contributed by atoms with Crippen LogP contribution in [0.3, 0.4) is 0 Å². The molecule has 2 aliphatic rings. The molecule has 1 aromatic carbocycles. The van der Waals surface area contributed by atoms with Crippen LogP contribution < -0.4 is 0 Å². The van der Waals surface area contributed by atoms with E-state index >= 15 is 0 Å². The van der Waals surface area contributed by atoms with Gasteiger partial charge in [-0.2, -0.15) is 0 Å². The van der Waals surface area contributed by atoms with Gasteiger partial charge in [0.15, 0.2) is 5.79 Å². The first-order valence-electron chi connectivity index (χ1n) is 8.99. The van der Waals surface area contributed by atoms with Crippen molar-refractivity contribution in [2.24, 2.45) is 11.3 Å². The van der Waals surface area contributed by atoms with Crippen LogP contribution in [0.1, 0.15) is 51.5 Å². The van der Waals surface area contributed by atoms with E-state index in [4.69, 9.17) is 14.2 Å². The fourth-order valence-corrected chi connectivity index (χ4v) is 3.82. The van der Waals surface area contributed by atoms with Gasteiger partial charge < -0.3 is 14.2 Å². The molecule has 1 aliphatic heterocycles. The van der Waals surface area contributed by atoms with E-state index in [-0.39, 0.29) is 5.41 Å². The largest absolute Gasteiger partial charge is 0.376 e. The van der Waals surface area contributed by atoms with Crippen molar-refractivity contribution < 1.29 is 14.2 Å². The van der Waals surface area contributed by atoms with Gasteiger partial charge in [-0.25, -0.2) is 0 Å². The number of ether oxygens (including phenoxy) is 3. The Kier molecular flexibility index (Phi) is 5.40. The summed E-state index contributed by atoms with van der Waals surface area (Å²) in [6.45, 7) is 6.89. The normalized spacial score (nSPS) is 24.4. The Balaban J connectivity index is 1.63. The predicted octanol–water partition coefficient (Wildman–Crippen LogP) is 4.55. The first-order chi connectivity index (χ1) is 11.1. The highest BCUT2D eigenvalue weighted by atomic mass is 16.7. The van der Waals surface area contributed by atoms with Gasteiger partial charge in [0, 0.05) is 5.41 Å². The molecule has 128 valence electrons. The highest BCUT2D eigenvalue weighted by Crippen LogP contribution is 2.43. The highest BCUT2D eigenvalue weighted by molar-refractivity contribution is 5.13. The summed E-state index contributed by atoms with van der Waals surface area (Å²) in [6.07, 6.45) is 6.58. The maximum atomic E-state index is 6.12. The fraction of sp³-hybridized carbons (Fsp3) is 0.700. The number of benzene rings is 1. The molecule has 0 atom stereocenters. The lowest BCUT2D eigenvalue weighted by Crippen LogP contribution is -2.53. The number of hydrogen-bond donors (Lipinski definition) is 0. The van der Waals surface area contributed by atoms with E-state index in [1.807, 2.05) is 19.9 Å². The van der Waals surface area contributed by atoms with Gasteiger partial charge in [-0.3, -0.25) is 0 Å². The van der Waals surface area contributed by atoms with Crippen LogP contribution in [0.15, 0.2) is 30.3 Å². The molecule has 23 heavy (non-hydrogen) atoms. The van der Waals surface area contributed by atoms with E-state index in [9.17, 15) is 0 Å². The van der Waals surface area contributed by atoms with Gasteiger partial charge >= 0.3 is 0 Å². The van der Waals surface area contributed by atoms with E-state index in [0.717, 1.165) is 19.8 Å². The summed E-state index contributed by atoms with van der Waals surface area (Å²) in [5.41, 5.74) is 1.24. The smallest absolute Gasteiger partial charge is 0.162 e. The predicted molar refractivity (Wildman–Crippen MR) is 91.1 cm³/mol. The Morgan fingerprint density at radius 3 is 2.30 bits per heavy atom. The Bertz CT molecular complexity index is 467. The van der Waals surface area contributed by atoms with Crippen molar-refractivity contribution in [1.29, 1.82) is 0 Å². The fourth-order valence-electron chi connectivity index (χ4n) is 3.82. The minimum Gasteiger partial charge on any atom is -0.376 e. The highest BCUT2D eigenvalue weighted by Gasteiger charge is 2.46. The van der Waals surface area contributed by atoms with Crippen LogP contribution >= 0.6 is 0 Å². The van der Waals surface area contributed by atoms with Gasteiger partial charge in [-0.1, -0.05) is 49.6 Å². The number of hydrogen-bond acceptors (Lipinski definition) is 3. The third-order valence-corrected chi connectivity index (χ3v) is 5.39. The molecule has 1 aromatic rings. The summed E-state index contributed by atoms with van der Waals surface area (Å²) in [5, 5.41) is 0. The monoisotopic (exact) mass is 318 g/mol. The van der Waals surface area contributed by atoms with Gasteiger partial charge in [0.2, 0.25) is 0 Å². The number of rotatable bonds is 5. The summed E-state index contributed by atoms with van der Waals surface area (Å²) in [6, 6.07) is 10.4. The lowest BCUT2D eigenvalue weighted by Gasteiger charge is -2.48. The quantitative estimate of drug-likeness (QED) is 0.797. The van der Waals surface area contributed by atoms with Crippen molar-refractivity contribution >= 4 is 0 Å². The second-order valence-corrected chi connectivity index (χ2v) is 7.65. The topological polar surface area (TPSA) is 27.7 Å². The standard InChI is InChI=1S/C20H30O3/c1-19(2)22-15-20(16-23-19,18-11-7-4-8-12-18)14-21-13-17-9-5-3-6-10-17/h3,5-6,9-10,18H,4,7-8,11-16H2,1-2H3. The van der Waals surface area contributed by atoms with Crippen LogP contribution in [0.4, 0.5) is 0 Å². The van der Waals surface area contributed by atoms with Crippen molar-refractivity contribution in [3.05, 3.63) is 35.9 Å². The maximum absolute atomic E-state index is 6.12. The molecule has 1 saturated heterocycles. The molecule has 0 amide bonds. The van der Waals surface area contributed by atoms with E-state index in [1.165, 1.54) is 37.7 Å². The Hall–Kier alpha value is -0.900. The van der Waals surface area contributed by atoms with Crippen LogP contribution in [0.5, 0.6) is 0 Å². The van der Waals surface area contributed by atoms with Crippen molar-refractivity contribution in [3.63, 3.8) is 0 Å². The maximum Gasteiger partial charge on any atom is 0.162 e. The molecule has 1 aliphatic carbocycles. The molecule has 3 nitrogen and oxygen atoms in total. The minimum absolute atomic E-state index is 0.0186. The van der Waals surface area contributed by atoms with Crippen molar-refractivity contribution in [1.82, 2.24) is 0 Å². The molecule has 0 spiro atoms. The molecule has 0 bridgehead atoms. The summed E-state index contributed by atoms with van der Waals surface area (Å²) >= 11 is 0. The van der Waals surface area contributed by atoms with Crippen molar-refractivity contribution in [3.8, 4) is 0 Å². The molecule has 1 saturated carbocycles. The third kappa shape index (κ3) is 4.34. The molecular weight excluding hydrogens is 288 g/mol. The summed E-state index contributed by atoms with van der Waals surface area (Å²) in [4.78, 5) is 0. The minimum atomic E-state index is -0.461. The van der Waals surface area contributed by atoms with E-state index < -0.39 is 5.79 Å². The SMILES string of the molecule is CC1(C)OCC(COCc2ccccc2)(C2CCCCC2)CO1. The first-order valence-corrected chi connectivity index (χ1v) is 8.99. The first kappa shape index (κ1) is 16.9. The summed E-state index contributed by atoms with van der Waals surface area (Å²) < 4.78 is 18.2. The molecule has 0 N–H and O–H groups in total. The zero-order valence-electron chi connectivity index (χ0n) is 14.6. The molecule has 0 unspecified atom stereocenters. The van der Waals surface area contributed by atoms with Crippen LogP contribution in [0, 0.1) is 11.3 Å². The van der Waals surface area contributed by atoms with Gasteiger partial charge in [0.05, 0.1) is 26.4 Å². The molecule has 0 aromatic heterocycles. The molecule has 0 radical (unpaired) electrons. The summed E-state index contributed by atoms with van der Waals surface area (Å²) in [7, 11) is 0. The average molecular weight is 318 g/mol. The molecule has 3 rings (SSSR count). The summed E-state index contributed by atoms with van der Waals surface area (Å²) in [5.74, 6) is 0.195. The molecular formula is C20H30O3. The Morgan fingerprint density at radius 1 is 1.00 bits per heavy atom. The van der Waals surface area contributed by atoms with Gasteiger partial charge in [0.25, 0.3) is 0 Å². The van der Waals surface area contributed by atoms with Crippen LogP contribution in [-0.4, -0.2) is 25.6 Å². The van der Waals surface area contributed by atoms with Crippen LogP contribution in [-0.2, 0) is 20.8 Å². The van der Waals surface area contributed by atoms with E-state index in [0.29, 0.717) is 12.5 Å².